The number of nitrogens with one attached hydrogen (secondary N) is 3. The first kappa shape index (κ1) is 19.0. The van der Waals surface area contributed by atoms with Crippen LogP contribution in [0.15, 0.2) is 29.2 Å². The molecular formula is C15H19F2N5O2S. The number of anilines is 2. The SMILES string of the molecule is CCNc1nc(C)cc(NCCNS(=O)(=O)c2ccc(F)cc2F)n1. The van der Waals surface area contributed by atoms with Crippen molar-refractivity contribution in [3.05, 3.63) is 41.6 Å². The van der Waals surface area contributed by atoms with Crippen molar-refractivity contribution in [2.24, 2.45) is 0 Å². The van der Waals surface area contributed by atoms with Crippen molar-refractivity contribution in [2.75, 3.05) is 30.3 Å². The highest BCUT2D eigenvalue weighted by molar-refractivity contribution is 7.89. The van der Waals surface area contributed by atoms with Crippen LogP contribution in [0, 0.1) is 18.6 Å². The molecular weight excluding hydrogens is 352 g/mol. The van der Waals surface area contributed by atoms with Crippen LogP contribution in [-0.2, 0) is 10.0 Å². The van der Waals surface area contributed by atoms with Crippen molar-refractivity contribution in [2.45, 2.75) is 18.7 Å². The lowest BCUT2D eigenvalue weighted by molar-refractivity contribution is 0.543. The Kier molecular flexibility index (Phi) is 6.21. The van der Waals surface area contributed by atoms with Crippen molar-refractivity contribution in [3.8, 4) is 0 Å². The minimum atomic E-state index is -4.06. The summed E-state index contributed by atoms with van der Waals surface area (Å²) in [4.78, 5) is 7.83. The molecule has 10 heteroatoms. The Morgan fingerprint density at radius 3 is 2.52 bits per heavy atom. The molecule has 0 atom stereocenters. The number of benzene rings is 1. The molecule has 1 aromatic heterocycles. The Morgan fingerprint density at radius 2 is 1.84 bits per heavy atom. The molecule has 0 bridgehead atoms. The van der Waals surface area contributed by atoms with Gasteiger partial charge in [-0.05, 0) is 26.0 Å². The molecule has 0 aliphatic heterocycles. The summed E-state index contributed by atoms with van der Waals surface area (Å²) in [5.74, 6) is -0.967. The Hall–Kier alpha value is -2.33. The van der Waals surface area contributed by atoms with E-state index in [0.717, 1.165) is 17.8 Å². The van der Waals surface area contributed by atoms with E-state index < -0.39 is 26.6 Å². The summed E-state index contributed by atoms with van der Waals surface area (Å²) in [6.45, 7) is 4.63. The summed E-state index contributed by atoms with van der Waals surface area (Å²) < 4.78 is 52.8. The van der Waals surface area contributed by atoms with Gasteiger partial charge < -0.3 is 10.6 Å². The third kappa shape index (κ3) is 5.33. The highest BCUT2D eigenvalue weighted by Gasteiger charge is 2.18. The normalized spacial score (nSPS) is 11.4. The van der Waals surface area contributed by atoms with Crippen LogP contribution in [0.1, 0.15) is 12.6 Å². The Morgan fingerprint density at radius 1 is 1.08 bits per heavy atom. The molecule has 0 aliphatic carbocycles. The van der Waals surface area contributed by atoms with Crippen LogP contribution in [0.25, 0.3) is 0 Å². The number of nitrogens with zero attached hydrogens (tertiary/aromatic N) is 2. The van der Waals surface area contributed by atoms with E-state index in [-0.39, 0.29) is 13.1 Å². The van der Waals surface area contributed by atoms with E-state index >= 15 is 0 Å². The molecule has 2 rings (SSSR count). The van der Waals surface area contributed by atoms with Crippen molar-refractivity contribution in [1.29, 1.82) is 0 Å². The molecule has 0 fully saturated rings. The molecule has 0 radical (unpaired) electrons. The first-order valence-corrected chi connectivity index (χ1v) is 9.08. The second kappa shape index (κ2) is 8.17. The van der Waals surface area contributed by atoms with Crippen LogP contribution >= 0.6 is 0 Å². The minimum Gasteiger partial charge on any atom is -0.369 e. The van der Waals surface area contributed by atoms with Gasteiger partial charge in [-0.2, -0.15) is 4.98 Å². The van der Waals surface area contributed by atoms with E-state index in [1.807, 2.05) is 13.8 Å². The molecule has 1 aromatic carbocycles. The third-order valence-electron chi connectivity index (χ3n) is 3.10. The fraction of sp³-hybridized carbons (Fsp3) is 0.333. The van der Waals surface area contributed by atoms with Gasteiger partial charge in [0.15, 0.2) is 0 Å². The lowest BCUT2D eigenvalue weighted by Crippen LogP contribution is -2.29. The van der Waals surface area contributed by atoms with E-state index in [0.29, 0.717) is 24.4 Å². The topological polar surface area (TPSA) is 96.0 Å². The van der Waals surface area contributed by atoms with Gasteiger partial charge in [-0.1, -0.05) is 0 Å². The molecule has 2 aromatic rings. The lowest BCUT2D eigenvalue weighted by Gasteiger charge is -2.10. The number of hydrogen-bond acceptors (Lipinski definition) is 6. The highest BCUT2D eigenvalue weighted by Crippen LogP contribution is 2.15. The largest absolute Gasteiger partial charge is 0.369 e. The minimum absolute atomic E-state index is 0.00125. The molecule has 0 unspecified atom stereocenters. The molecule has 0 aliphatic rings. The van der Waals surface area contributed by atoms with E-state index in [2.05, 4.69) is 25.3 Å². The van der Waals surface area contributed by atoms with Gasteiger partial charge in [0.1, 0.15) is 22.3 Å². The zero-order chi connectivity index (χ0) is 18.4. The zero-order valence-corrected chi connectivity index (χ0v) is 14.6. The third-order valence-corrected chi connectivity index (χ3v) is 4.59. The number of sulfonamides is 1. The standard InChI is InChI=1S/C15H19F2N5O2S/c1-3-18-15-21-10(2)8-14(22-15)19-6-7-20-25(23,24)13-5-4-11(16)9-12(13)17/h4-5,8-9,20H,3,6-7H2,1-2H3,(H2,18,19,21,22). The average molecular weight is 371 g/mol. The van der Waals surface area contributed by atoms with Crippen molar-refractivity contribution < 1.29 is 17.2 Å². The predicted octanol–water partition coefficient (Wildman–Crippen LogP) is 1.89. The molecule has 0 spiro atoms. The lowest BCUT2D eigenvalue weighted by atomic mass is 10.3. The monoisotopic (exact) mass is 371 g/mol. The van der Waals surface area contributed by atoms with Crippen molar-refractivity contribution in [1.82, 2.24) is 14.7 Å². The first-order chi connectivity index (χ1) is 11.8. The number of rotatable bonds is 8. The quantitative estimate of drug-likeness (QED) is 0.613. The van der Waals surface area contributed by atoms with Crippen LogP contribution in [0.4, 0.5) is 20.5 Å². The molecule has 1 heterocycles. The van der Waals surface area contributed by atoms with Gasteiger partial charge in [-0.3, -0.25) is 0 Å². The van der Waals surface area contributed by atoms with Crippen LogP contribution in [0.2, 0.25) is 0 Å². The van der Waals surface area contributed by atoms with Crippen LogP contribution in [0.3, 0.4) is 0 Å². The molecule has 0 amide bonds. The fourth-order valence-corrected chi connectivity index (χ4v) is 3.13. The first-order valence-electron chi connectivity index (χ1n) is 7.60. The Balaban J connectivity index is 1.94. The summed E-state index contributed by atoms with van der Waals surface area (Å²) in [6.07, 6.45) is 0. The summed E-state index contributed by atoms with van der Waals surface area (Å²) >= 11 is 0. The van der Waals surface area contributed by atoms with Crippen LogP contribution in [0.5, 0.6) is 0 Å². The number of halogens is 2. The molecule has 25 heavy (non-hydrogen) atoms. The summed E-state index contributed by atoms with van der Waals surface area (Å²) in [7, 11) is -4.06. The zero-order valence-electron chi connectivity index (χ0n) is 13.8. The molecule has 3 N–H and O–H groups in total. The molecule has 7 nitrogen and oxygen atoms in total. The van der Waals surface area contributed by atoms with Gasteiger partial charge in [0.25, 0.3) is 0 Å². The van der Waals surface area contributed by atoms with Gasteiger partial charge in [-0.15, -0.1) is 0 Å². The van der Waals surface area contributed by atoms with E-state index in [1.54, 1.807) is 6.07 Å². The maximum absolute atomic E-state index is 13.6. The maximum Gasteiger partial charge on any atom is 0.243 e. The van der Waals surface area contributed by atoms with Gasteiger partial charge >= 0.3 is 0 Å². The van der Waals surface area contributed by atoms with E-state index in [4.69, 9.17) is 0 Å². The van der Waals surface area contributed by atoms with Crippen molar-refractivity contribution in [3.63, 3.8) is 0 Å². The van der Waals surface area contributed by atoms with E-state index in [9.17, 15) is 17.2 Å². The second-order valence-electron chi connectivity index (χ2n) is 5.15. The Bertz CT molecular complexity index is 846. The van der Waals surface area contributed by atoms with E-state index in [1.165, 1.54) is 0 Å². The van der Waals surface area contributed by atoms with Crippen LogP contribution in [-0.4, -0.2) is 38.0 Å². The summed E-state index contributed by atoms with van der Waals surface area (Å²) in [5, 5.41) is 5.95. The molecule has 136 valence electrons. The number of aromatic nitrogens is 2. The molecule has 0 saturated heterocycles. The Labute approximate surface area is 144 Å². The number of hydrogen-bond donors (Lipinski definition) is 3. The predicted molar refractivity (Wildman–Crippen MR) is 91.0 cm³/mol. The second-order valence-corrected chi connectivity index (χ2v) is 6.88. The summed E-state index contributed by atoms with van der Waals surface area (Å²) in [6, 6.07) is 4.02. The van der Waals surface area contributed by atoms with Gasteiger partial charge in [-0.25, -0.2) is 26.9 Å². The van der Waals surface area contributed by atoms with Gasteiger partial charge in [0.2, 0.25) is 16.0 Å². The van der Waals surface area contributed by atoms with Crippen molar-refractivity contribution >= 4 is 21.8 Å². The van der Waals surface area contributed by atoms with Gasteiger partial charge in [0, 0.05) is 37.5 Å². The highest BCUT2D eigenvalue weighted by atomic mass is 32.2. The maximum atomic E-state index is 13.6. The fourth-order valence-electron chi connectivity index (χ4n) is 2.04. The molecule has 0 saturated carbocycles. The summed E-state index contributed by atoms with van der Waals surface area (Å²) in [5.41, 5.74) is 0.752. The van der Waals surface area contributed by atoms with Gasteiger partial charge in [0.05, 0.1) is 0 Å². The van der Waals surface area contributed by atoms with Crippen LogP contribution < -0.4 is 15.4 Å². The average Bonchev–Trinajstić information content (AvgIpc) is 2.51. The number of aryl methyl sites for hydroxylation is 1. The smallest absolute Gasteiger partial charge is 0.243 e.